The minimum atomic E-state index is -0.681. The molecule has 0 heterocycles. The van der Waals surface area contributed by atoms with Gasteiger partial charge in [0.15, 0.2) is 0 Å². The van der Waals surface area contributed by atoms with Crippen molar-refractivity contribution in [3.8, 4) is 0 Å². The van der Waals surface area contributed by atoms with Gasteiger partial charge in [-0.3, -0.25) is 4.79 Å². The molecule has 3 nitrogen and oxygen atoms in total. The van der Waals surface area contributed by atoms with Crippen LogP contribution in [0.1, 0.15) is 81.8 Å². The Balaban J connectivity index is 0.00000151. The lowest BCUT2D eigenvalue weighted by Crippen LogP contribution is -2.17. The second kappa shape index (κ2) is 17.5. The molecule has 2 unspecified atom stereocenters. The Morgan fingerprint density at radius 3 is 1.97 bits per heavy atom. The molecule has 2 atom stereocenters. The van der Waals surface area contributed by atoms with Crippen LogP contribution in [-0.2, 0) is 11.2 Å². The second-order valence-corrected chi connectivity index (χ2v) is 8.46. The maximum Gasteiger partial charge on any atom is 0.303 e. The van der Waals surface area contributed by atoms with Crippen molar-refractivity contribution in [3.63, 3.8) is 0 Å². The van der Waals surface area contributed by atoms with Crippen LogP contribution in [0.4, 0.5) is 0 Å². The first kappa shape index (κ1) is 26.9. The monoisotopic (exact) mass is 425 g/mol. The predicted molar refractivity (Wildman–Crippen MR) is 133 cm³/mol. The van der Waals surface area contributed by atoms with Crippen LogP contribution in [0.5, 0.6) is 0 Å². The van der Waals surface area contributed by atoms with Crippen molar-refractivity contribution in [3.05, 3.63) is 71.8 Å². The zero-order valence-electron chi connectivity index (χ0n) is 19.9. The van der Waals surface area contributed by atoms with Crippen molar-refractivity contribution < 1.29 is 9.90 Å². The average molecular weight is 426 g/mol. The summed E-state index contributed by atoms with van der Waals surface area (Å²) >= 11 is 0. The van der Waals surface area contributed by atoms with Crippen LogP contribution in [0.3, 0.4) is 0 Å². The van der Waals surface area contributed by atoms with Gasteiger partial charge in [-0.15, -0.1) is 0 Å². The Kier molecular flexibility index (Phi) is 15.2. The second-order valence-electron chi connectivity index (χ2n) is 8.46. The zero-order chi connectivity index (χ0) is 22.7. The van der Waals surface area contributed by atoms with E-state index >= 15 is 0 Å². The number of carbonyl (C=O) groups is 1. The quantitative estimate of drug-likeness (QED) is 0.318. The van der Waals surface area contributed by atoms with E-state index in [0.29, 0.717) is 11.8 Å². The van der Waals surface area contributed by atoms with Crippen LogP contribution in [0.15, 0.2) is 60.7 Å². The summed E-state index contributed by atoms with van der Waals surface area (Å²) in [4.78, 5) is 11.3. The number of aliphatic carboxylic acids is 1. The molecule has 31 heavy (non-hydrogen) atoms. The molecule has 0 fully saturated rings. The Bertz CT molecular complexity index is 672. The molecule has 0 amide bonds. The van der Waals surface area contributed by atoms with Gasteiger partial charge >= 0.3 is 5.97 Å². The highest BCUT2D eigenvalue weighted by Gasteiger charge is 2.24. The minimum absolute atomic E-state index is 0.263. The van der Waals surface area contributed by atoms with Gasteiger partial charge < -0.3 is 10.4 Å². The van der Waals surface area contributed by atoms with Gasteiger partial charge in [0.1, 0.15) is 0 Å². The van der Waals surface area contributed by atoms with Gasteiger partial charge in [-0.05, 0) is 56.3 Å². The normalized spacial score (nSPS) is 12.5. The molecule has 2 rings (SSSR count). The van der Waals surface area contributed by atoms with Gasteiger partial charge in [0, 0.05) is 6.42 Å². The Hall–Kier alpha value is -2.13. The molecule has 2 N–H and O–H groups in total. The fraction of sp³-hybridized carbons (Fsp3) is 0.536. The molecule has 2 aromatic carbocycles. The van der Waals surface area contributed by atoms with Gasteiger partial charge in [0.25, 0.3) is 0 Å². The molecule has 0 aliphatic carbocycles. The van der Waals surface area contributed by atoms with E-state index in [2.05, 4.69) is 72.9 Å². The van der Waals surface area contributed by atoms with Crippen molar-refractivity contribution in [1.82, 2.24) is 5.32 Å². The van der Waals surface area contributed by atoms with Crippen molar-refractivity contribution in [2.24, 2.45) is 5.92 Å². The Labute approximate surface area is 190 Å². The van der Waals surface area contributed by atoms with Gasteiger partial charge in [0.2, 0.25) is 0 Å². The SMILES string of the molecule is CCCCCCCCC(CCC(=O)O)C(Cc1ccccc1)c1ccccc1.CNC. The largest absolute Gasteiger partial charge is 0.481 e. The summed E-state index contributed by atoms with van der Waals surface area (Å²) in [6, 6.07) is 21.3. The van der Waals surface area contributed by atoms with E-state index in [1.807, 2.05) is 14.1 Å². The van der Waals surface area contributed by atoms with Gasteiger partial charge in [-0.1, -0.05) is 106 Å². The van der Waals surface area contributed by atoms with Crippen molar-refractivity contribution in [2.45, 2.75) is 77.0 Å². The fourth-order valence-electron chi connectivity index (χ4n) is 4.17. The van der Waals surface area contributed by atoms with E-state index in [-0.39, 0.29) is 6.42 Å². The third-order valence-electron chi connectivity index (χ3n) is 5.75. The van der Waals surface area contributed by atoms with E-state index < -0.39 is 5.97 Å². The molecule has 0 aliphatic heterocycles. The van der Waals surface area contributed by atoms with Crippen molar-refractivity contribution in [1.29, 1.82) is 0 Å². The molecule has 0 bridgehead atoms. The number of benzene rings is 2. The molecule has 0 aliphatic rings. The van der Waals surface area contributed by atoms with E-state index in [1.54, 1.807) is 0 Å². The number of hydrogen-bond acceptors (Lipinski definition) is 2. The average Bonchev–Trinajstić information content (AvgIpc) is 2.78. The molecule has 0 radical (unpaired) electrons. The molecular weight excluding hydrogens is 382 g/mol. The summed E-state index contributed by atoms with van der Waals surface area (Å²) in [6.07, 6.45) is 10.8. The van der Waals surface area contributed by atoms with E-state index in [1.165, 1.54) is 49.7 Å². The molecular formula is C28H43NO2. The number of hydrogen-bond donors (Lipinski definition) is 2. The predicted octanol–water partition coefficient (Wildman–Crippen LogP) is 7.08. The van der Waals surface area contributed by atoms with Gasteiger partial charge in [0.05, 0.1) is 0 Å². The lowest BCUT2D eigenvalue weighted by molar-refractivity contribution is -0.137. The van der Waals surface area contributed by atoms with Crippen LogP contribution >= 0.6 is 0 Å². The van der Waals surface area contributed by atoms with Crippen LogP contribution < -0.4 is 5.32 Å². The molecule has 0 aromatic heterocycles. The maximum absolute atomic E-state index is 11.3. The summed E-state index contributed by atoms with van der Waals surface area (Å²) in [5.74, 6) is 0.0999. The summed E-state index contributed by atoms with van der Waals surface area (Å²) < 4.78 is 0. The summed E-state index contributed by atoms with van der Waals surface area (Å²) in [7, 11) is 3.75. The molecule has 0 spiro atoms. The number of carboxylic acids is 1. The lowest BCUT2D eigenvalue weighted by Gasteiger charge is -2.28. The number of nitrogens with one attached hydrogen (secondary N) is 1. The standard InChI is InChI=1S/C26H36O2.C2H7N/c1-2-3-4-5-6-11-18-24(19-20-26(27)28)25(23-16-12-8-13-17-23)21-22-14-9-7-10-15-22;1-3-2/h7-10,12-17,24-25H,2-6,11,18-21H2,1H3,(H,27,28);3H,1-2H3. The molecule has 0 saturated carbocycles. The smallest absolute Gasteiger partial charge is 0.303 e. The lowest BCUT2D eigenvalue weighted by atomic mass is 9.77. The summed E-state index contributed by atoms with van der Waals surface area (Å²) in [6.45, 7) is 2.25. The highest BCUT2D eigenvalue weighted by atomic mass is 16.4. The van der Waals surface area contributed by atoms with E-state index in [9.17, 15) is 9.90 Å². The first-order valence-corrected chi connectivity index (χ1v) is 12.0. The summed E-state index contributed by atoms with van der Waals surface area (Å²) in [5, 5.41) is 12.0. The highest BCUT2D eigenvalue weighted by Crippen LogP contribution is 2.35. The van der Waals surface area contributed by atoms with Crippen LogP contribution in [-0.4, -0.2) is 25.2 Å². The van der Waals surface area contributed by atoms with Crippen LogP contribution in [0.25, 0.3) is 0 Å². The van der Waals surface area contributed by atoms with Gasteiger partial charge in [-0.25, -0.2) is 0 Å². The van der Waals surface area contributed by atoms with Crippen LogP contribution in [0, 0.1) is 5.92 Å². The van der Waals surface area contributed by atoms with Crippen molar-refractivity contribution >= 4 is 5.97 Å². The zero-order valence-corrected chi connectivity index (χ0v) is 19.9. The van der Waals surface area contributed by atoms with Crippen molar-refractivity contribution in [2.75, 3.05) is 14.1 Å². The summed E-state index contributed by atoms with van der Waals surface area (Å²) in [5.41, 5.74) is 2.67. The topological polar surface area (TPSA) is 49.3 Å². The Morgan fingerprint density at radius 2 is 1.39 bits per heavy atom. The molecule has 0 saturated heterocycles. The first-order valence-electron chi connectivity index (χ1n) is 12.0. The number of carboxylic acid groups (broad SMARTS) is 1. The molecule has 172 valence electrons. The third kappa shape index (κ3) is 12.3. The molecule has 3 heteroatoms. The van der Waals surface area contributed by atoms with E-state index in [4.69, 9.17) is 0 Å². The first-order chi connectivity index (χ1) is 15.1. The Morgan fingerprint density at radius 1 is 0.839 bits per heavy atom. The van der Waals surface area contributed by atoms with Gasteiger partial charge in [-0.2, -0.15) is 0 Å². The molecule has 2 aromatic rings. The minimum Gasteiger partial charge on any atom is -0.481 e. The maximum atomic E-state index is 11.3. The fourth-order valence-corrected chi connectivity index (χ4v) is 4.17. The number of unbranched alkanes of at least 4 members (excludes halogenated alkanes) is 5. The highest BCUT2D eigenvalue weighted by molar-refractivity contribution is 5.66. The van der Waals surface area contributed by atoms with Crippen LogP contribution in [0.2, 0.25) is 0 Å². The third-order valence-corrected chi connectivity index (χ3v) is 5.75. The van der Waals surface area contributed by atoms with E-state index in [0.717, 1.165) is 19.3 Å². The number of rotatable bonds is 14.